The molecule has 2 rings (SSSR count). The zero-order valence-electron chi connectivity index (χ0n) is 9.72. The third-order valence-corrected chi connectivity index (χ3v) is 3.05. The summed E-state index contributed by atoms with van der Waals surface area (Å²) in [4.78, 5) is 13.1. The van der Waals surface area contributed by atoms with Crippen LogP contribution in [0.15, 0.2) is 12.4 Å². The van der Waals surface area contributed by atoms with Crippen LogP contribution in [0.4, 0.5) is 11.6 Å². The number of rotatable bonds is 2. The number of hydrogen-bond acceptors (Lipinski definition) is 6. The molecular formula is C10H18N6. The lowest BCUT2D eigenvalue weighted by Crippen LogP contribution is -2.50. The summed E-state index contributed by atoms with van der Waals surface area (Å²) in [6.45, 7) is 5.20. The summed E-state index contributed by atoms with van der Waals surface area (Å²) in [5, 5.41) is 0. The SMILES string of the molecule is CC1CN(c2cncc(NN)n2)CCN1C. The second-order valence-electron chi connectivity index (χ2n) is 4.18. The van der Waals surface area contributed by atoms with E-state index in [-0.39, 0.29) is 0 Å². The fourth-order valence-corrected chi connectivity index (χ4v) is 1.83. The molecule has 1 atom stereocenters. The van der Waals surface area contributed by atoms with Crippen molar-refractivity contribution in [2.45, 2.75) is 13.0 Å². The maximum absolute atomic E-state index is 5.32. The van der Waals surface area contributed by atoms with Gasteiger partial charge in [0, 0.05) is 25.7 Å². The average Bonchev–Trinajstić information content (AvgIpc) is 2.33. The third-order valence-electron chi connectivity index (χ3n) is 3.05. The highest BCUT2D eigenvalue weighted by Gasteiger charge is 2.21. The quantitative estimate of drug-likeness (QED) is 0.538. The molecule has 0 radical (unpaired) electrons. The Labute approximate surface area is 95.4 Å². The van der Waals surface area contributed by atoms with E-state index in [1.54, 1.807) is 12.4 Å². The van der Waals surface area contributed by atoms with Crippen molar-refractivity contribution in [3.05, 3.63) is 12.4 Å². The van der Waals surface area contributed by atoms with Gasteiger partial charge in [-0.2, -0.15) is 0 Å². The van der Waals surface area contributed by atoms with Gasteiger partial charge in [0.2, 0.25) is 0 Å². The fourth-order valence-electron chi connectivity index (χ4n) is 1.83. The largest absolute Gasteiger partial charge is 0.352 e. The molecule has 6 heteroatoms. The van der Waals surface area contributed by atoms with E-state index >= 15 is 0 Å². The molecule has 1 saturated heterocycles. The predicted octanol–water partition coefficient (Wildman–Crippen LogP) is -0.0975. The molecule has 1 fully saturated rings. The van der Waals surface area contributed by atoms with Gasteiger partial charge in [-0.3, -0.25) is 4.98 Å². The summed E-state index contributed by atoms with van der Waals surface area (Å²) in [6, 6.07) is 0.532. The van der Waals surface area contributed by atoms with E-state index in [0.29, 0.717) is 11.9 Å². The van der Waals surface area contributed by atoms with Crippen LogP contribution in [0.2, 0.25) is 0 Å². The van der Waals surface area contributed by atoms with Gasteiger partial charge in [0.25, 0.3) is 0 Å². The number of nitrogens with two attached hydrogens (primary N) is 1. The van der Waals surface area contributed by atoms with Crippen LogP contribution in [0.25, 0.3) is 0 Å². The molecule has 1 aromatic rings. The van der Waals surface area contributed by atoms with E-state index in [4.69, 9.17) is 5.84 Å². The van der Waals surface area contributed by atoms with Crippen molar-refractivity contribution in [2.24, 2.45) is 5.84 Å². The second kappa shape index (κ2) is 4.63. The number of anilines is 2. The number of nitrogens with one attached hydrogen (secondary N) is 1. The highest BCUT2D eigenvalue weighted by molar-refractivity contribution is 5.43. The summed E-state index contributed by atoms with van der Waals surface area (Å²) < 4.78 is 0. The van der Waals surface area contributed by atoms with Gasteiger partial charge >= 0.3 is 0 Å². The smallest absolute Gasteiger partial charge is 0.160 e. The van der Waals surface area contributed by atoms with Crippen LogP contribution in [-0.2, 0) is 0 Å². The zero-order chi connectivity index (χ0) is 11.5. The number of hydrazine groups is 1. The van der Waals surface area contributed by atoms with Gasteiger partial charge in [0.05, 0.1) is 12.4 Å². The minimum atomic E-state index is 0.532. The van der Waals surface area contributed by atoms with Crippen LogP contribution in [0, 0.1) is 0 Å². The summed E-state index contributed by atoms with van der Waals surface area (Å²) >= 11 is 0. The number of piperazine rings is 1. The molecule has 88 valence electrons. The predicted molar refractivity (Wildman–Crippen MR) is 64.1 cm³/mol. The van der Waals surface area contributed by atoms with E-state index in [0.717, 1.165) is 25.5 Å². The highest BCUT2D eigenvalue weighted by Crippen LogP contribution is 2.16. The Balaban J connectivity index is 2.12. The van der Waals surface area contributed by atoms with Crippen molar-refractivity contribution in [3.8, 4) is 0 Å². The maximum Gasteiger partial charge on any atom is 0.160 e. The first-order valence-corrected chi connectivity index (χ1v) is 5.44. The molecule has 16 heavy (non-hydrogen) atoms. The fraction of sp³-hybridized carbons (Fsp3) is 0.600. The van der Waals surface area contributed by atoms with Crippen LogP contribution in [0.3, 0.4) is 0 Å². The number of aromatic nitrogens is 2. The number of hydrogen-bond donors (Lipinski definition) is 2. The van der Waals surface area contributed by atoms with E-state index in [1.807, 2.05) is 0 Å². The van der Waals surface area contributed by atoms with E-state index < -0.39 is 0 Å². The van der Waals surface area contributed by atoms with Crippen molar-refractivity contribution in [2.75, 3.05) is 37.0 Å². The Morgan fingerprint density at radius 3 is 2.94 bits per heavy atom. The molecule has 0 aliphatic carbocycles. The lowest BCUT2D eigenvalue weighted by Gasteiger charge is -2.38. The van der Waals surface area contributed by atoms with Gasteiger partial charge < -0.3 is 15.2 Å². The van der Waals surface area contributed by atoms with Gasteiger partial charge in [-0.15, -0.1) is 0 Å². The minimum Gasteiger partial charge on any atom is -0.352 e. The maximum atomic E-state index is 5.32. The van der Waals surface area contributed by atoms with Crippen LogP contribution in [0.1, 0.15) is 6.92 Å². The average molecular weight is 222 g/mol. The standard InChI is InChI=1S/C10H18N6/c1-8-7-16(4-3-15(8)2)10-6-12-5-9(13-10)14-11/h5-6,8H,3-4,7,11H2,1-2H3,(H,13,14). The third kappa shape index (κ3) is 2.23. The summed E-state index contributed by atoms with van der Waals surface area (Å²) in [5.41, 5.74) is 2.52. The Bertz CT molecular complexity index is 355. The first-order valence-electron chi connectivity index (χ1n) is 5.44. The van der Waals surface area contributed by atoms with Crippen molar-refractivity contribution in [1.82, 2.24) is 14.9 Å². The van der Waals surface area contributed by atoms with Gasteiger partial charge in [0.1, 0.15) is 5.82 Å². The first kappa shape index (κ1) is 11.1. The molecule has 1 aliphatic heterocycles. The molecule has 1 unspecified atom stereocenters. The van der Waals surface area contributed by atoms with Gasteiger partial charge in [0.15, 0.2) is 5.82 Å². The molecule has 1 aliphatic rings. The molecule has 6 nitrogen and oxygen atoms in total. The zero-order valence-corrected chi connectivity index (χ0v) is 9.72. The van der Waals surface area contributed by atoms with Crippen LogP contribution in [-0.4, -0.2) is 47.6 Å². The molecule has 0 aromatic carbocycles. The van der Waals surface area contributed by atoms with Crippen molar-refractivity contribution in [1.29, 1.82) is 0 Å². The van der Waals surface area contributed by atoms with Gasteiger partial charge in [-0.1, -0.05) is 0 Å². The van der Waals surface area contributed by atoms with E-state index in [9.17, 15) is 0 Å². The first-order chi connectivity index (χ1) is 7.70. The number of nitrogens with zero attached hydrogens (tertiary/aromatic N) is 4. The van der Waals surface area contributed by atoms with E-state index in [2.05, 4.69) is 39.2 Å². The van der Waals surface area contributed by atoms with Crippen LogP contribution in [0.5, 0.6) is 0 Å². The highest BCUT2D eigenvalue weighted by atomic mass is 15.3. The van der Waals surface area contributed by atoms with Gasteiger partial charge in [-0.25, -0.2) is 10.8 Å². The Kier molecular flexibility index (Phi) is 3.21. The van der Waals surface area contributed by atoms with Crippen molar-refractivity contribution >= 4 is 11.6 Å². The molecular weight excluding hydrogens is 204 g/mol. The summed E-state index contributed by atoms with van der Waals surface area (Å²) in [6.07, 6.45) is 3.39. The minimum absolute atomic E-state index is 0.532. The van der Waals surface area contributed by atoms with Crippen molar-refractivity contribution < 1.29 is 0 Å². The van der Waals surface area contributed by atoms with Crippen LogP contribution >= 0.6 is 0 Å². The Hall–Kier alpha value is -1.40. The summed E-state index contributed by atoms with van der Waals surface area (Å²) in [5.74, 6) is 6.80. The second-order valence-corrected chi connectivity index (χ2v) is 4.18. The Morgan fingerprint density at radius 2 is 2.25 bits per heavy atom. The van der Waals surface area contributed by atoms with Crippen molar-refractivity contribution in [3.63, 3.8) is 0 Å². The molecule has 0 spiro atoms. The summed E-state index contributed by atoms with van der Waals surface area (Å²) in [7, 11) is 2.14. The lowest BCUT2D eigenvalue weighted by molar-refractivity contribution is 0.233. The Morgan fingerprint density at radius 1 is 1.44 bits per heavy atom. The molecule has 1 aromatic heterocycles. The molecule has 2 heterocycles. The van der Waals surface area contributed by atoms with E-state index in [1.165, 1.54) is 0 Å². The van der Waals surface area contributed by atoms with Crippen LogP contribution < -0.4 is 16.2 Å². The molecule has 0 bridgehead atoms. The molecule has 0 saturated carbocycles. The topological polar surface area (TPSA) is 70.3 Å². The number of likely N-dealkylation sites (N-methyl/N-ethyl adjacent to an activating group) is 1. The normalized spacial score (nSPS) is 22.2. The number of nitrogen functional groups attached to an aromatic ring is 1. The van der Waals surface area contributed by atoms with Gasteiger partial charge in [-0.05, 0) is 14.0 Å². The monoisotopic (exact) mass is 222 g/mol. The molecule has 3 N–H and O–H groups in total. The lowest BCUT2D eigenvalue weighted by atomic mass is 10.2. The molecule has 0 amide bonds.